The second-order valence-electron chi connectivity index (χ2n) is 5.93. The van der Waals surface area contributed by atoms with Gasteiger partial charge >= 0.3 is 0 Å². The van der Waals surface area contributed by atoms with E-state index < -0.39 is 9.84 Å². The highest BCUT2D eigenvalue weighted by Crippen LogP contribution is 2.25. The van der Waals surface area contributed by atoms with Gasteiger partial charge < -0.3 is 14.4 Å². The lowest BCUT2D eigenvalue weighted by Gasteiger charge is -2.31. The highest BCUT2D eigenvalue weighted by Gasteiger charge is 2.26. The van der Waals surface area contributed by atoms with Crippen LogP contribution in [0.1, 0.15) is 23.2 Å². The van der Waals surface area contributed by atoms with Crippen LogP contribution in [0.2, 0.25) is 0 Å². The highest BCUT2D eigenvalue weighted by molar-refractivity contribution is 7.90. The molecule has 0 bridgehead atoms. The van der Waals surface area contributed by atoms with Crippen LogP contribution in [0, 0.1) is 5.92 Å². The van der Waals surface area contributed by atoms with Crippen LogP contribution >= 0.6 is 0 Å². The van der Waals surface area contributed by atoms with E-state index in [2.05, 4.69) is 0 Å². The van der Waals surface area contributed by atoms with E-state index in [0.717, 1.165) is 0 Å². The molecular formula is C16H23NO5S. The molecule has 1 aromatic carbocycles. The van der Waals surface area contributed by atoms with Gasteiger partial charge in [0, 0.05) is 31.0 Å². The van der Waals surface area contributed by atoms with Crippen LogP contribution in [0.4, 0.5) is 0 Å². The van der Waals surface area contributed by atoms with Crippen LogP contribution in [-0.4, -0.2) is 58.5 Å². The number of methoxy groups -OCH3 is 2. The van der Waals surface area contributed by atoms with E-state index in [9.17, 15) is 13.2 Å². The summed E-state index contributed by atoms with van der Waals surface area (Å²) in [6.45, 7) is 1.14. The minimum absolute atomic E-state index is 0.0833. The normalized spacial score (nSPS) is 16.2. The van der Waals surface area contributed by atoms with Crippen LogP contribution in [-0.2, 0) is 9.84 Å². The summed E-state index contributed by atoms with van der Waals surface area (Å²) >= 11 is 0. The fraction of sp³-hybridized carbons (Fsp3) is 0.562. The van der Waals surface area contributed by atoms with Crippen molar-refractivity contribution in [2.45, 2.75) is 12.8 Å². The Bertz CT molecular complexity index is 641. The summed E-state index contributed by atoms with van der Waals surface area (Å²) in [4.78, 5) is 14.4. The number of rotatable bonds is 5. The SMILES string of the molecule is COc1cc(OC)cc(C(=O)N2CCC(CS(C)(=O)=O)CC2)c1. The molecule has 1 aliphatic rings. The maximum absolute atomic E-state index is 12.6. The number of amides is 1. The summed E-state index contributed by atoms with van der Waals surface area (Å²) < 4.78 is 33.1. The number of likely N-dealkylation sites (tertiary alicyclic amines) is 1. The van der Waals surface area contributed by atoms with Gasteiger partial charge in [0.15, 0.2) is 0 Å². The first-order valence-electron chi connectivity index (χ1n) is 7.52. The highest BCUT2D eigenvalue weighted by atomic mass is 32.2. The summed E-state index contributed by atoms with van der Waals surface area (Å²) in [5, 5.41) is 0. The Labute approximate surface area is 137 Å². The summed E-state index contributed by atoms with van der Waals surface area (Å²) in [5.74, 6) is 1.38. The first kappa shape index (κ1) is 17.6. The molecule has 1 heterocycles. The summed E-state index contributed by atoms with van der Waals surface area (Å²) in [5.41, 5.74) is 0.516. The van der Waals surface area contributed by atoms with Crippen LogP contribution in [0.5, 0.6) is 11.5 Å². The average Bonchev–Trinajstić information content (AvgIpc) is 2.52. The van der Waals surface area contributed by atoms with Gasteiger partial charge in [0.05, 0.1) is 20.0 Å². The Morgan fingerprint density at radius 3 is 2.09 bits per heavy atom. The first-order chi connectivity index (χ1) is 10.8. The van der Waals surface area contributed by atoms with E-state index >= 15 is 0 Å². The quantitative estimate of drug-likeness (QED) is 0.813. The van der Waals surface area contributed by atoms with Gasteiger partial charge in [0.25, 0.3) is 5.91 Å². The molecule has 23 heavy (non-hydrogen) atoms. The zero-order chi connectivity index (χ0) is 17.0. The first-order valence-corrected chi connectivity index (χ1v) is 9.58. The predicted molar refractivity (Wildman–Crippen MR) is 87.9 cm³/mol. The van der Waals surface area contributed by atoms with Crippen LogP contribution in [0.3, 0.4) is 0 Å². The van der Waals surface area contributed by atoms with Crippen molar-refractivity contribution >= 4 is 15.7 Å². The summed E-state index contributed by atoms with van der Waals surface area (Å²) in [6, 6.07) is 5.09. The maximum Gasteiger partial charge on any atom is 0.254 e. The molecule has 0 aliphatic carbocycles. The second-order valence-corrected chi connectivity index (χ2v) is 8.11. The summed E-state index contributed by atoms with van der Waals surface area (Å²) in [7, 11) is 0.115. The molecule has 0 radical (unpaired) electrons. The van der Waals surface area contributed by atoms with Crippen LogP contribution in [0.25, 0.3) is 0 Å². The minimum Gasteiger partial charge on any atom is -0.497 e. The van der Waals surface area contributed by atoms with E-state index in [1.165, 1.54) is 6.26 Å². The van der Waals surface area contributed by atoms with Crippen LogP contribution < -0.4 is 9.47 Å². The van der Waals surface area contributed by atoms with Crippen molar-refractivity contribution in [2.75, 3.05) is 39.3 Å². The second kappa shape index (κ2) is 7.21. The molecule has 0 spiro atoms. The molecular weight excluding hydrogens is 318 g/mol. The van der Waals surface area contributed by atoms with Crippen molar-refractivity contribution < 1.29 is 22.7 Å². The molecule has 2 rings (SSSR count). The molecule has 1 aromatic rings. The molecule has 0 aromatic heterocycles. The number of hydrogen-bond acceptors (Lipinski definition) is 5. The third-order valence-corrected chi connectivity index (χ3v) is 5.12. The van der Waals surface area contributed by atoms with Crippen molar-refractivity contribution in [3.63, 3.8) is 0 Å². The number of carbonyl (C=O) groups excluding carboxylic acids is 1. The number of nitrogens with zero attached hydrogens (tertiary/aromatic N) is 1. The number of hydrogen-bond donors (Lipinski definition) is 0. The number of ether oxygens (including phenoxy) is 2. The summed E-state index contributed by atoms with van der Waals surface area (Å²) in [6.07, 6.45) is 2.67. The number of benzene rings is 1. The van der Waals surface area contributed by atoms with Gasteiger partial charge in [-0.05, 0) is 30.9 Å². The van der Waals surface area contributed by atoms with E-state index in [4.69, 9.17) is 9.47 Å². The van der Waals surface area contributed by atoms with Crippen molar-refractivity contribution in [1.82, 2.24) is 4.90 Å². The van der Waals surface area contributed by atoms with Crippen molar-refractivity contribution in [3.05, 3.63) is 23.8 Å². The third kappa shape index (κ3) is 4.86. The fourth-order valence-electron chi connectivity index (χ4n) is 2.84. The van der Waals surface area contributed by atoms with Gasteiger partial charge in [-0.15, -0.1) is 0 Å². The Hall–Kier alpha value is -1.76. The molecule has 1 aliphatic heterocycles. The molecule has 6 nitrogen and oxygen atoms in total. The van der Waals surface area contributed by atoms with Gasteiger partial charge in [0.2, 0.25) is 0 Å². The van der Waals surface area contributed by atoms with E-state index in [1.807, 2.05) is 0 Å². The monoisotopic (exact) mass is 341 g/mol. The van der Waals surface area contributed by atoms with E-state index in [0.29, 0.717) is 43.0 Å². The molecule has 1 saturated heterocycles. The Balaban J connectivity index is 2.05. The topological polar surface area (TPSA) is 72.9 Å². The van der Waals surface area contributed by atoms with E-state index in [1.54, 1.807) is 37.3 Å². The van der Waals surface area contributed by atoms with E-state index in [-0.39, 0.29) is 17.6 Å². The Morgan fingerprint density at radius 1 is 1.13 bits per heavy atom. The molecule has 0 saturated carbocycles. The Morgan fingerprint density at radius 2 is 1.65 bits per heavy atom. The minimum atomic E-state index is -2.97. The number of carbonyl (C=O) groups is 1. The molecule has 7 heteroatoms. The van der Waals surface area contributed by atoms with Gasteiger partial charge in [-0.25, -0.2) is 8.42 Å². The molecule has 1 amide bonds. The van der Waals surface area contributed by atoms with Crippen LogP contribution in [0.15, 0.2) is 18.2 Å². The standard InChI is InChI=1S/C16H23NO5S/c1-21-14-8-13(9-15(10-14)22-2)16(18)17-6-4-12(5-7-17)11-23(3,19)20/h8-10,12H,4-7,11H2,1-3H3. The molecule has 0 atom stereocenters. The molecule has 1 fully saturated rings. The van der Waals surface area contributed by atoms with Gasteiger partial charge in [-0.3, -0.25) is 4.79 Å². The lowest BCUT2D eigenvalue weighted by Crippen LogP contribution is -2.39. The number of piperidine rings is 1. The van der Waals surface area contributed by atoms with Crippen molar-refractivity contribution in [2.24, 2.45) is 5.92 Å². The lowest BCUT2D eigenvalue weighted by atomic mass is 9.98. The van der Waals surface area contributed by atoms with Gasteiger partial charge in [-0.1, -0.05) is 0 Å². The van der Waals surface area contributed by atoms with Gasteiger partial charge in [-0.2, -0.15) is 0 Å². The maximum atomic E-state index is 12.6. The van der Waals surface area contributed by atoms with Crippen molar-refractivity contribution in [1.29, 1.82) is 0 Å². The third-order valence-electron chi connectivity index (χ3n) is 4.04. The van der Waals surface area contributed by atoms with Crippen molar-refractivity contribution in [3.8, 4) is 11.5 Å². The predicted octanol–water partition coefficient (Wildman–Crippen LogP) is 1.60. The lowest BCUT2D eigenvalue weighted by molar-refractivity contribution is 0.0697. The largest absolute Gasteiger partial charge is 0.497 e. The number of sulfone groups is 1. The molecule has 0 N–H and O–H groups in total. The van der Waals surface area contributed by atoms with Gasteiger partial charge in [0.1, 0.15) is 21.3 Å². The smallest absolute Gasteiger partial charge is 0.254 e. The zero-order valence-corrected chi connectivity index (χ0v) is 14.6. The molecule has 128 valence electrons. The average molecular weight is 341 g/mol. The zero-order valence-electron chi connectivity index (χ0n) is 13.7. The fourth-order valence-corrected chi connectivity index (χ4v) is 4.03. The molecule has 0 unspecified atom stereocenters. The Kier molecular flexibility index (Phi) is 5.51.